The standard InChI is InChI=1S/C21H18N2OS/c1-2-24-18-14-13-17-21(23-18)25-20(16-11-7-4-8-12-16)19(22-17)15-9-5-3-6-10-15/h3-14,22H,2H2,1H3. The SMILES string of the molecule is CCOc1ccc2c(n1)SC(c1ccccc1)=C(c1ccccc1)N2. The number of aromatic nitrogens is 1. The van der Waals surface area contributed by atoms with E-state index < -0.39 is 0 Å². The highest BCUT2D eigenvalue weighted by atomic mass is 32.2. The Morgan fingerprint density at radius 3 is 2.24 bits per heavy atom. The molecule has 0 atom stereocenters. The lowest BCUT2D eigenvalue weighted by molar-refractivity contribution is 0.324. The van der Waals surface area contributed by atoms with Crippen LogP contribution in [0.1, 0.15) is 18.1 Å². The summed E-state index contributed by atoms with van der Waals surface area (Å²) in [5, 5.41) is 4.51. The molecule has 0 saturated heterocycles. The number of nitrogens with zero attached hydrogens (tertiary/aromatic N) is 1. The highest BCUT2D eigenvalue weighted by Gasteiger charge is 2.22. The number of benzene rings is 2. The molecule has 0 bridgehead atoms. The van der Waals surface area contributed by atoms with E-state index in [1.807, 2.05) is 31.2 Å². The van der Waals surface area contributed by atoms with E-state index >= 15 is 0 Å². The van der Waals surface area contributed by atoms with E-state index in [2.05, 4.69) is 58.8 Å². The van der Waals surface area contributed by atoms with E-state index in [1.54, 1.807) is 11.8 Å². The molecule has 1 aromatic heterocycles. The van der Waals surface area contributed by atoms with Gasteiger partial charge in [-0.3, -0.25) is 0 Å². The van der Waals surface area contributed by atoms with Gasteiger partial charge in [-0.25, -0.2) is 4.98 Å². The molecule has 0 amide bonds. The molecule has 0 aliphatic carbocycles. The van der Waals surface area contributed by atoms with Crippen LogP contribution < -0.4 is 10.1 Å². The van der Waals surface area contributed by atoms with Crippen LogP contribution in [0.3, 0.4) is 0 Å². The van der Waals surface area contributed by atoms with E-state index in [1.165, 1.54) is 10.5 Å². The number of ether oxygens (including phenoxy) is 1. The Morgan fingerprint density at radius 2 is 1.56 bits per heavy atom. The van der Waals surface area contributed by atoms with Crippen molar-refractivity contribution in [1.82, 2.24) is 4.98 Å². The normalized spacial score (nSPS) is 13.2. The Morgan fingerprint density at radius 1 is 0.880 bits per heavy atom. The fraction of sp³-hybridized carbons (Fsp3) is 0.0952. The average Bonchev–Trinajstić information content (AvgIpc) is 2.68. The van der Waals surface area contributed by atoms with Gasteiger partial charge < -0.3 is 10.1 Å². The number of rotatable bonds is 4. The van der Waals surface area contributed by atoms with E-state index in [0.717, 1.165) is 22.0 Å². The maximum atomic E-state index is 5.56. The van der Waals surface area contributed by atoms with Crippen LogP contribution in [0.2, 0.25) is 0 Å². The predicted octanol–water partition coefficient (Wildman–Crippen LogP) is 5.52. The van der Waals surface area contributed by atoms with E-state index in [0.29, 0.717) is 12.5 Å². The minimum absolute atomic E-state index is 0.612. The van der Waals surface area contributed by atoms with Crippen LogP contribution in [0.15, 0.2) is 77.8 Å². The number of anilines is 1. The van der Waals surface area contributed by atoms with E-state index in [9.17, 15) is 0 Å². The molecule has 0 unspecified atom stereocenters. The van der Waals surface area contributed by atoms with Crippen molar-refractivity contribution in [2.24, 2.45) is 0 Å². The highest BCUT2D eigenvalue weighted by Crippen LogP contribution is 2.46. The quantitative estimate of drug-likeness (QED) is 0.674. The molecule has 3 aromatic rings. The highest BCUT2D eigenvalue weighted by molar-refractivity contribution is 8.08. The van der Waals surface area contributed by atoms with Gasteiger partial charge in [-0.05, 0) is 24.1 Å². The van der Waals surface area contributed by atoms with Crippen LogP contribution in [0.5, 0.6) is 5.88 Å². The Labute approximate surface area is 151 Å². The van der Waals surface area contributed by atoms with Gasteiger partial charge in [0, 0.05) is 11.0 Å². The van der Waals surface area contributed by atoms with Crippen LogP contribution >= 0.6 is 11.8 Å². The predicted molar refractivity (Wildman–Crippen MR) is 105 cm³/mol. The molecule has 3 nitrogen and oxygen atoms in total. The third-order valence-corrected chi connectivity index (χ3v) is 5.06. The third-order valence-electron chi connectivity index (χ3n) is 3.91. The zero-order chi connectivity index (χ0) is 17.1. The first-order chi connectivity index (χ1) is 12.3. The minimum atomic E-state index is 0.612. The minimum Gasteiger partial charge on any atom is -0.478 e. The number of hydrogen-bond acceptors (Lipinski definition) is 4. The average molecular weight is 346 g/mol. The summed E-state index contributed by atoms with van der Waals surface area (Å²) in [6, 6.07) is 24.8. The lowest BCUT2D eigenvalue weighted by Crippen LogP contribution is -2.08. The molecule has 0 saturated carbocycles. The van der Waals surface area contributed by atoms with Crippen LogP contribution in [-0.2, 0) is 0 Å². The lowest BCUT2D eigenvalue weighted by atomic mass is 10.1. The van der Waals surface area contributed by atoms with Crippen molar-refractivity contribution in [3.05, 3.63) is 83.9 Å². The van der Waals surface area contributed by atoms with Crippen molar-refractivity contribution in [2.75, 3.05) is 11.9 Å². The van der Waals surface area contributed by atoms with Gasteiger partial charge in [-0.15, -0.1) is 0 Å². The molecule has 4 heteroatoms. The smallest absolute Gasteiger partial charge is 0.214 e. The molecule has 25 heavy (non-hydrogen) atoms. The number of nitrogens with one attached hydrogen (secondary N) is 1. The third kappa shape index (κ3) is 3.26. The van der Waals surface area contributed by atoms with Crippen molar-refractivity contribution in [3.8, 4) is 5.88 Å². The van der Waals surface area contributed by atoms with Crippen molar-refractivity contribution in [1.29, 1.82) is 0 Å². The van der Waals surface area contributed by atoms with Gasteiger partial charge in [0.15, 0.2) is 0 Å². The molecule has 1 aliphatic heterocycles. The first-order valence-electron chi connectivity index (χ1n) is 8.29. The molecule has 124 valence electrons. The van der Waals surface area contributed by atoms with Gasteiger partial charge in [0.2, 0.25) is 5.88 Å². The number of fused-ring (bicyclic) bond motifs is 1. The van der Waals surface area contributed by atoms with E-state index in [-0.39, 0.29) is 0 Å². The first kappa shape index (κ1) is 15.8. The van der Waals surface area contributed by atoms with Crippen molar-refractivity contribution in [2.45, 2.75) is 11.9 Å². The molecule has 4 rings (SSSR count). The van der Waals surface area contributed by atoms with Crippen LogP contribution in [0.4, 0.5) is 5.69 Å². The topological polar surface area (TPSA) is 34.1 Å². The second-order valence-corrected chi connectivity index (χ2v) is 6.60. The summed E-state index contributed by atoms with van der Waals surface area (Å²) >= 11 is 1.68. The Kier molecular flexibility index (Phi) is 4.44. The van der Waals surface area contributed by atoms with Crippen molar-refractivity contribution >= 4 is 28.1 Å². The first-order valence-corrected chi connectivity index (χ1v) is 9.10. The van der Waals surface area contributed by atoms with Gasteiger partial charge in [-0.1, -0.05) is 72.4 Å². The molecule has 0 radical (unpaired) electrons. The number of pyridine rings is 1. The fourth-order valence-corrected chi connectivity index (χ4v) is 3.85. The zero-order valence-electron chi connectivity index (χ0n) is 13.9. The van der Waals surface area contributed by atoms with Crippen LogP contribution in [0.25, 0.3) is 10.6 Å². The van der Waals surface area contributed by atoms with Crippen LogP contribution in [-0.4, -0.2) is 11.6 Å². The molecular formula is C21H18N2OS. The lowest BCUT2D eigenvalue weighted by Gasteiger charge is -2.24. The number of hydrogen-bond donors (Lipinski definition) is 1. The number of thioether (sulfide) groups is 1. The maximum Gasteiger partial charge on any atom is 0.214 e. The monoisotopic (exact) mass is 346 g/mol. The summed E-state index contributed by atoms with van der Waals surface area (Å²) in [6.07, 6.45) is 0. The van der Waals surface area contributed by atoms with Gasteiger partial charge in [0.1, 0.15) is 5.03 Å². The zero-order valence-corrected chi connectivity index (χ0v) is 14.7. The Hall–Kier alpha value is -2.72. The molecule has 0 fully saturated rings. The summed E-state index contributed by atoms with van der Waals surface area (Å²) in [5.74, 6) is 0.658. The molecular weight excluding hydrogens is 328 g/mol. The Bertz CT molecular complexity index is 908. The summed E-state index contributed by atoms with van der Waals surface area (Å²) < 4.78 is 5.56. The largest absolute Gasteiger partial charge is 0.478 e. The van der Waals surface area contributed by atoms with Gasteiger partial charge in [0.05, 0.1) is 18.0 Å². The maximum absolute atomic E-state index is 5.56. The van der Waals surface area contributed by atoms with Crippen LogP contribution in [0, 0.1) is 0 Å². The van der Waals surface area contributed by atoms with Gasteiger partial charge >= 0.3 is 0 Å². The van der Waals surface area contributed by atoms with Crippen molar-refractivity contribution in [3.63, 3.8) is 0 Å². The van der Waals surface area contributed by atoms with E-state index in [4.69, 9.17) is 4.74 Å². The Balaban J connectivity index is 1.82. The molecule has 1 aliphatic rings. The summed E-state index contributed by atoms with van der Waals surface area (Å²) in [4.78, 5) is 5.82. The van der Waals surface area contributed by atoms with Crippen molar-refractivity contribution < 1.29 is 4.74 Å². The molecule has 2 heterocycles. The second-order valence-electron chi connectivity index (χ2n) is 5.60. The summed E-state index contributed by atoms with van der Waals surface area (Å²) in [6.45, 7) is 2.58. The summed E-state index contributed by atoms with van der Waals surface area (Å²) in [5.41, 5.74) is 4.45. The van der Waals surface area contributed by atoms with Gasteiger partial charge in [-0.2, -0.15) is 0 Å². The fourth-order valence-electron chi connectivity index (χ4n) is 2.76. The molecule has 2 aromatic carbocycles. The van der Waals surface area contributed by atoms with Gasteiger partial charge in [0.25, 0.3) is 0 Å². The summed E-state index contributed by atoms with van der Waals surface area (Å²) in [7, 11) is 0. The molecule has 0 spiro atoms. The second kappa shape index (κ2) is 7.03. The molecule has 1 N–H and O–H groups in total.